The maximum absolute atomic E-state index is 12.0. The number of hydrogen-bond donors (Lipinski definition) is 2. The van der Waals surface area contributed by atoms with Crippen molar-refractivity contribution in [2.45, 2.75) is 25.3 Å². The molecule has 1 fully saturated rings. The summed E-state index contributed by atoms with van der Waals surface area (Å²) < 4.78 is 5.28. The second-order valence-corrected chi connectivity index (χ2v) is 6.01. The highest BCUT2D eigenvalue weighted by Gasteiger charge is 2.26. The quantitative estimate of drug-likeness (QED) is 0.841. The highest BCUT2D eigenvalue weighted by molar-refractivity contribution is 6.42. The Morgan fingerprint density at radius 1 is 1.36 bits per heavy atom. The van der Waals surface area contributed by atoms with Crippen LogP contribution in [0.3, 0.4) is 0 Å². The Morgan fingerprint density at radius 3 is 2.73 bits per heavy atom. The summed E-state index contributed by atoms with van der Waals surface area (Å²) in [5.74, 6) is 0.0913. The topological polar surface area (TPSA) is 64.4 Å². The van der Waals surface area contributed by atoms with Crippen molar-refractivity contribution >= 4 is 41.5 Å². The van der Waals surface area contributed by atoms with Crippen LogP contribution in [0.25, 0.3) is 0 Å². The molecule has 0 bridgehead atoms. The number of halogens is 3. The van der Waals surface area contributed by atoms with Gasteiger partial charge in [-0.1, -0.05) is 35.3 Å². The van der Waals surface area contributed by atoms with E-state index in [0.717, 1.165) is 18.4 Å². The molecule has 1 atom stereocenters. The predicted octanol–water partition coefficient (Wildman–Crippen LogP) is 2.83. The molecule has 2 rings (SSSR count). The summed E-state index contributed by atoms with van der Waals surface area (Å²) >= 11 is 12.1. The summed E-state index contributed by atoms with van der Waals surface area (Å²) in [4.78, 5) is 12.0. The molecule has 0 aromatic heterocycles. The van der Waals surface area contributed by atoms with Gasteiger partial charge in [0.1, 0.15) is 0 Å². The van der Waals surface area contributed by atoms with Crippen LogP contribution in [0.15, 0.2) is 18.2 Å². The number of rotatable bonds is 5. The van der Waals surface area contributed by atoms with Crippen molar-refractivity contribution < 1.29 is 9.53 Å². The molecule has 1 unspecified atom stereocenters. The summed E-state index contributed by atoms with van der Waals surface area (Å²) in [7, 11) is 0. The molecule has 1 aromatic carbocycles. The first-order valence-corrected chi connectivity index (χ1v) is 7.89. The molecule has 124 valence electrons. The molecule has 22 heavy (non-hydrogen) atoms. The van der Waals surface area contributed by atoms with Gasteiger partial charge in [-0.2, -0.15) is 0 Å². The number of carbonyl (C=O) groups is 1. The van der Waals surface area contributed by atoms with Gasteiger partial charge < -0.3 is 15.8 Å². The maximum atomic E-state index is 12.0. The number of benzene rings is 1. The number of nitrogens with one attached hydrogen (secondary N) is 1. The number of nitrogens with two attached hydrogens (primary N) is 1. The van der Waals surface area contributed by atoms with Crippen LogP contribution in [0.2, 0.25) is 10.0 Å². The fourth-order valence-corrected chi connectivity index (χ4v) is 2.88. The minimum atomic E-state index is -0.469. The third kappa shape index (κ3) is 5.28. The molecule has 1 aliphatic heterocycles. The molecule has 1 saturated heterocycles. The highest BCUT2D eigenvalue weighted by Crippen LogP contribution is 2.25. The first-order chi connectivity index (χ1) is 10.1. The van der Waals surface area contributed by atoms with E-state index in [2.05, 4.69) is 5.32 Å². The Hall–Kier alpha value is -0.520. The third-order valence-electron chi connectivity index (χ3n) is 3.80. The largest absolute Gasteiger partial charge is 0.381 e. The summed E-state index contributed by atoms with van der Waals surface area (Å²) in [6, 6.07) is 5.02. The molecule has 1 heterocycles. The zero-order valence-electron chi connectivity index (χ0n) is 12.2. The number of carbonyl (C=O) groups excluding carboxylic acids is 1. The molecular weight excluding hydrogens is 347 g/mol. The molecule has 0 aliphatic carbocycles. The first-order valence-electron chi connectivity index (χ1n) is 7.13. The minimum Gasteiger partial charge on any atom is -0.381 e. The lowest BCUT2D eigenvalue weighted by Crippen LogP contribution is -2.47. The number of amides is 1. The SMILES string of the molecule is Cl.NC(C(=O)NCCc1cccc(Cl)c1Cl)C1CCOCC1. The first kappa shape index (κ1) is 19.5. The van der Waals surface area contributed by atoms with E-state index in [1.807, 2.05) is 12.1 Å². The van der Waals surface area contributed by atoms with Crippen molar-refractivity contribution in [3.63, 3.8) is 0 Å². The lowest BCUT2D eigenvalue weighted by atomic mass is 9.92. The minimum absolute atomic E-state index is 0. The van der Waals surface area contributed by atoms with E-state index in [0.29, 0.717) is 36.2 Å². The monoisotopic (exact) mass is 366 g/mol. The lowest BCUT2D eigenvalue weighted by molar-refractivity contribution is -0.124. The van der Waals surface area contributed by atoms with Gasteiger partial charge in [0, 0.05) is 19.8 Å². The van der Waals surface area contributed by atoms with Crippen molar-refractivity contribution in [2.75, 3.05) is 19.8 Å². The molecule has 3 N–H and O–H groups in total. The van der Waals surface area contributed by atoms with Crippen LogP contribution in [0, 0.1) is 5.92 Å². The van der Waals surface area contributed by atoms with Crippen LogP contribution >= 0.6 is 35.6 Å². The van der Waals surface area contributed by atoms with Gasteiger partial charge in [0.05, 0.1) is 16.1 Å². The van der Waals surface area contributed by atoms with Gasteiger partial charge in [-0.25, -0.2) is 0 Å². The molecule has 7 heteroatoms. The van der Waals surface area contributed by atoms with Crippen LogP contribution < -0.4 is 11.1 Å². The van der Waals surface area contributed by atoms with E-state index in [9.17, 15) is 4.79 Å². The Bertz CT molecular complexity index is 494. The van der Waals surface area contributed by atoms with Crippen molar-refractivity contribution in [2.24, 2.45) is 11.7 Å². The fourth-order valence-electron chi connectivity index (χ4n) is 2.47. The Labute approximate surface area is 147 Å². The molecule has 0 radical (unpaired) electrons. The standard InChI is InChI=1S/C15H20Cl2N2O2.ClH/c16-12-3-1-2-10(13(12)17)4-7-19-15(20)14(18)11-5-8-21-9-6-11;/h1-3,11,14H,4-9,18H2,(H,19,20);1H. The number of ether oxygens (including phenoxy) is 1. The van der Waals surface area contributed by atoms with Crippen molar-refractivity contribution in [1.82, 2.24) is 5.32 Å². The Morgan fingerprint density at radius 2 is 2.05 bits per heavy atom. The maximum Gasteiger partial charge on any atom is 0.237 e. The van der Waals surface area contributed by atoms with E-state index >= 15 is 0 Å². The predicted molar refractivity (Wildman–Crippen MR) is 91.9 cm³/mol. The molecule has 1 aromatic rings. The van der Waals surface area contributed by atoms with Crippen LogP contribution in [0.5, 0.6) is 0 Å². The normalized spacial score (nSPS) is 16.7. The van der Waals surface area contributed by atoms with Gasteiger partial charge in [0.2, 0.25) is 5.91 Å². The molecule has 1 aliphatic rings. The van der Waals surface area contributed by atoms with Gasteiger partial charge in [0.15, 0.2) is 0 Å². The summed E-state index contributed by atoms with van der Waals surface area (Å²) in [6.45, 7) is 1.86. The van der Waals surface area contributed by atoms with Crippen molar-refractivity contribution in [3.8, 4) is 0 Å². The summed E-state index contributed by atoms with van der Waals surface area (Å²) in [6.07, 6.45) is 2.31. The zero-order chi connectivity index (χ0) is 15.2. The van der Waals surface area contributed by atoms with Crippen LogP contribution in [-0.4, -0.2) is 31.7 Å². The smallest absolute Gasteiger partial charge is 0.237 e. The van der Waals surface area contributed by atoms with Crippen LogP contribution in [0.4, 0.5) is 0 Å². The second kappa shape index (κ2) is 9.58. The zero-order valence-corrected chi connectivity index (χ0v) is 14.5. The van der Waals surface area contributed by atoms with E-state index in [1.54, 1.807) is 6.07 Å². The second-order valence-electron chi connectivity index (χ2n) is 5.23. The third-order valence-corrected chi connectivity index (χ3v) is 4.66. The highest BCUT2D eigenvalue weighted by atomic mass is 35.5. The molecule has 0 saturated carbocycles. The van der Waals surface area contributed by atoms with E-state index in [1.165, 1.54) is 0 Å². The van der Waals surface area contributed by atoms with E-state index < -0.39 is 6.04 Å². The average molecular weight is 368 g/mol. The Balaban J connectivity index is 0.00000242. The van der Waals surface area contributed by atoms with Crippen molar-refractivity contribution in [3.05, 3.63) is 33.8 Å². The van der Waals surface area contributed by atoms with Gasteiger partial charge in [-0.05, 0) is 36.8 Å². The fraction of sp³-hybridized carbons (Fsp3) is 0.533. The summed E-state index contributed by atoms with van der Waals surface area (Å²) in [5.41, 5.74) is 6.93. The van der Waals surface area contributed by atoms with Gasteiger partial charge in [-0.3, -0.25) is 4.79 Å². The van der Waals surface area contributed by atoms with E-state index in [4.69, 9.17) is 33.7 Å². The molecule has 0 spiro atoms. The van der Waals surface area contributed by atoms with Gasteiger partial charge in [0.25, 0.3) is 0 Å². The Kier molecular flexibility index (Phi) is 8.50. The average Bonchev–Trinajstić information content (AvgIpc) is 2.51. The molecular formula is C15H21Cl3N2O2. The van der Waals surface area contributed by atoms with Gasteiger partial charge >= 0.3 is 0 Å². The lowest BCUT2D eigenvalue weighted by Gasteiger charge is -2.26. The molecule has 1 amide bonds. The van der Waals surface area contributed by atoms with Crippen LogP contribution in [0.1, 0.15) is 18.4 Å². The van der Waals surface area contributed by atoms with Gasteiger partial charge in [-0.15, -0.1) is 12.4 Å². The molecule has 4 nitrogen and oxygen atoms in total. The van der Waals surface area contributed by atoms with Crippen LogP contribution in [-0.2, 0) is 16.0 Å². The summed E-state index contributed by atoms with van der Waals surface area (Å²) in [5, 5.41) is 3.94. The van der Waals surface area contributed by atoms with Crippen molar-refractivity contribution in [1.29, 1.82) is 0 Å². The number of hydrogen-bond acceptors (Lipinski definition) is 3. The van der Waals surface area contributed by atoms with E-state index in [-0.39, 0.29) is 24.2 Å².